The van der Waals surface area contributed by atoms with Gasteiger partial charge in [0.1, 0.15) is 0 Å². The second-order valence-electron chi connectivity index (χ2n) is 7.61. The predicted molar refractivity (Wildman–Crippen MR) is 121 cm³/mol. The Bertz CT molecular complexity index is 1320. The predicted octanol–water partition coefficient (Wildman–Crippen LogP) is 6.06. The molecular weight excluding hydrogens is 381 g/mol. The van der Waals surface area contributed by atoms with Crippen LogP contribution in [0.15, 0.2) is 72.8 Å². The van der Waals surface area contributed by atoms with Crippen LogP contribution in [0.3, 0.4) is 0 Å². The Balaban J connectivity index is 1.77. The summed E-state index contributed by atoms with van der Waals surface area (Å²) in [5.74, 6) is 0. The number of aromatic nitrogens is 1. The molecular formula is C24H22NO3P. The summed E-state index contributed by atoms with van der Waals surface area (Å²) in [6, 6.07) is 25.6. The van der Waals surface area contributed by atoms with Crippen LogP contribution in [0.25, 0.3) is 43.4 Å². The van der Waals surface area contributed by atoms with Crippen LogP contribution in [0.1, 0.15) is 12.8 Å². The van der Waals surface area contributed by atoms with Gasteiger partial charge in [0.05, 0.1) is 0 Å². The Hall–Kier alpha value is -2.65. The van der Waals surface area contributed by atoms with E-state index in [1.165, 1.54) is 43.4 Å². The Morgan fingerprint density at radius 2 is 1.21 bits per heavy atom. The monoisotopic (exact) mass is 403 g/mol. The van der Waals surface area contributed by atoms with Crippen LogP contribution < -0.4 is 0 Å². The van der Waals surface area contributed by atoms with Gasteiger partial charge in [-0.3, -0.25) is 4.57 Å². The highest BCUT2D eigenvalue weighted by molar-refractivity contribution is 7.51. The maximum absolute atomic E-state index is 11.2. The van der Waals surface area contributed by atoms with Gasteiger partial charge in [0.2, 0.25) is 0 Å². The summed E-state index contributed by atoms with van der Waals surface area (Å²) in [4.78, 5) is 18.3. The molecule has 29 heavy (non-hydrogen) atoms. The van der Waals surface area contributed by atoms with Crippen molar-refractivity contribution in [3.8, 4) is 0 Å². The molecule has 0 unspecified atom stereocenters. The molecule has 0 spiro atoms. The van der Waals surface area contributed by atoms with Gasteiger partial charge in [-0.15, -0.1) is 0 Å². The van der Waals surface area contributed by atoms with Crippen LogP contribution in [0.2, 0.25) is 0 Å². The largest absolute Gasteiger partial charge is 0.340 e. The second-order valence-corrected chi connectivity index (χ2v) is 9.39. The van der Waals surface area contributed by atoms with Crippen LogP contribution in [-0.2, 0) is 11.1 Å². The van der Waals surface area contributed by atoms with Crippen molar-refractivity contribution < 1.29 is 14.4 Å². The number of nitrogens with zero attached hydrogens (tertiary/aromatic N) is 1. The number of rotatable bonds is 5. The molecule has 0 bridgehead atoms. The van der Waals surface area contributed by atoms with Crippen molar-refractivity contribution in [2.24, 2.45) is 0 Å². The molecule has 0 radical (unpaired) electrons. The van der Waals surface area contributed by atoms with Crippen molar-refractivity contribution >= 4 is 50.9 Å². The van der Waals surface area contributed by atoms with Crippen LogP contribution in [0.4, 0.5) is 0 Å². The summed E-state index contributed by atoms with van der Waals surface area (Å²) in [7, 11) is -3.94. The molecule has 0 saturated heterocycles. The summed E-state index contributed by atoms with van der Waals surface area (Å²) in [5, 5.41) is 7.41. The number of hydrogen-bond acceptors (Lipinski definition) is 1. The van der Waals surface area contributed by atoms with Crippen molar-refractivity contribution in [2.75, 3.05) is 6.16 Å². The van der Waals surface area contributed by atoms with E-state index in [2.05, 4.69) is 77.4 Å². The zero-order valence-electron chi connectivity index (χ0n) is 16.0. The fourth-order valence-electron chi connectivity index (χ4n) is 4.45. The van der Waals surface area contributed by atoms with E-state index in [0.717, 1.165) is 13.0 Å². The molecule has 0 aliphatic rings. The highest BCUT2D eigenvalue weighted by atomic mass is 31.2. The van der Waals surface area contributed by atoms with E-state index >= 15 is 0 Å². The molecule has 4 aromatic carbocycles. The van der Waals surface area contributed by atoms with Crippen molar-refractivity contribution in [1.82, 2.24) is 4.57 Å². The Morgan fingerprint density at radius 3 is 1.72 bits per heavy atom. The van der Waals surface area contributed by atoms with Gasteiger partial charge in [-0.1, -0.05) is 60.7 Å². The lowest BCUT2D eigenvalue weighted by molar-refractivity contribution is 0.370. The normalized spacial score (nSPS) is 12.5. The number of aryl methyl sites for hydroxylation is 1. The highest BCUT2D eigenvalue weighted by Crippen LogP contribution is 2.39. The second kappa shape index (κ2) is 7.00. The minimum Gasteiger partial charge on any atom is -0.340 e. The first kappa shape index (κ1) is 18.4. The quantitative estimate of drug-likeness (QED) is 0.277. The zero-order chi connectivity index (χ0) is 20.0. The maximum atomic E-state index is 11.2. The van der Waals surface area contributed by atoms with E-state index in [1.54, 1.807) is 0 Å². The van der Waals surface area contributed by atoms with E-state index in [0.29, 0.717) is 6.42 Å². The number of unbranched alkanes of at least 4 members (excludes halogenated alkanes) is 1. The first-order chi connectivity index (χ1) is 14.0. The zero-order valence-corrected chi connectivity index (χ0v) is 16.8. The average molecular weight is 403 g/mol. The summed E-state index contributed by atoms with van der Waals surface area (Å²) >= 11 is 0. The smallest absolute Gasteiger partial charge is 0.325 e. The molecule has 0 aliphatic carbocycles. The summed E-state index contributed by atoms with van der Waals surface area (Å²) in [6.07, 6.45) is 1.17. The van der Waals surface area contributed by atoms with Crippen LogP contribution in [0, 0.1) is 0 Å². The van der Waals surface area contributed by atoms with E-state index in [9.17, 15) is 4.57 Å². The molecule has 1 heterocycles. The van der Waals surface area contributed by atoms with Crippen molar-refractivity contribution in [1.29, 1.82) is 0 Å². The van der Waals surface area contributed by atoms with E-state index in [1.807, 2.05) is 0 Å². The third-order valence-electron chi connectivity index (χ3n) is 5.73. The fraction of sp³-hybridized carbons (Fsp3) is 0.167. The molecule has 4 nitrogen and oxygen atoms in total. The van der Waals surface area contributed by atoms with Gasteiger partial charge in [0, 0.05) is 34.5 Å². The molecule has 5 heteroatoms. The van der Waals surface area contributed by atoms with Crippen molar-refractivity contribution in [3.05, 3.63) is 72.8 Å². The van der Waals surface area contributed by atoms with Crippen LogP contribution >= 0.6 is 7.60 Å². The minimum atomic E-state index is -3.94. The summed E-state index contributed by atoms with van der Waals surface area (Å²) < 4.78 is 13.5. The maximum Gasteiger partial charge on any atom is 0.325 e. The fourth-order valence-corrected chi connectivity index (χ4v) is 5.09. The molecule has 0 aliphatic heterocycles. The number of fused-ring (bicyclic) bond motifs is 7. The lowest BCUT2D eigenvalue weighted by atomic mass is 10.00. The number of hydrogen-bond donors (Lipinski definition) is 2. The van der Waals surface area contributed by atoms with Gasteiger partial charge in [-0.05, 0) is 46.5 Å². The first-order valence-corrected chi connectivity index (χ1v) is 11.7. The Kier molecular flexibility index (Phi) is 4.44. The molecule has 5 rings (SSSR count). The van der Waals surface area contributed by atoms with Gasteiger partial charge in [-0.2, -0.15) is 0 Å². The number of benzene rings is 4. The Labute approximate surface area is 168 Å². The molecule has 2 N–H and O–H groups in total. The minimum absolute atomic E-state index is 0.0595. The van der Waals surface area contributed by atoms with Gasteiger partial charge in [0.15, 0.2) is 0 Å². The first-order valence-electron chi connectivity index (χ1n) is 9.89. The van der Waals surface area contributed by atoms with E-state index in [4.69, 9.17) is 9.79 Å². The standard InChI is InChI=1S/C24H22NO3P/c26-29(27,28)16-6-5-15-25-21-13-11-17-7-1-3-9-19(17)23(21)24-20-10-4-2-8-18(20)12-14-22(24)25/h1-4,7-14H,5-6,15-16H2,(H2,26,27,28). The van der Waals surface area contributed by atoms with Crippen molar-refractivity contribution in [2.45, 2.75) is 19.4 Å². The van der Waals surface area contributed by atoms with Gasteiger partial charge >= 0.3 is 7.60 Å². The SMILES string of the molecule is O=P(O)(O)CCCCn1c2ccc3ccccc3c2c2c3ccccc3ccc21. The van der Waals surface area contributed by atoms with Gasteiger partial charge < -0.3 is 14.4 Å². The summed E-state index contributed by atoms with van der Waals surface area (Å²) in [5.41, 5.74) is 2.34. The van der Waals surface area contributed by atoms with E-state index in [-0.39, 0.29) is 6.16 Å². The highest BCUT2D eigenvalue weighted by Gasteiger charge is 2.16. The van der Waals surface area contributed by atoms with Crippen molar-refractivity contribution in [3.63, 3.8) is 0 Å². The molecule has 0 saturated carbocycles. The lowest BCUT2D eigenvalue weighted by Crippen LogP contribution is -1.99. The van der Waals surface area contributed by atoms with Gasteiger partial charge in [0.25, 0.3) is 0 Å². The molecule has 0 fully saturated rings. The van der Waals surface area contributed by atoms with E-state index < -0.39 is 7.60 Å². The van der Waals surface area contributed by atoms with Crippen LogP contribution in [-0.4, -0.2) is 20.5 Å². The third kappa shape index (κ3) is 3.24. The molecule has 5 aromatic rings. The molecule has 0 atom stereocenters. The Morgan fingerprint density at radius 1 is 0.690 bits per heavy atom. The van der Waals surface area contributed by atoms with Crippen LogP contribution in [0.5, 0.6) is 0 Å². The summed E-state index contributed by atoms with van der Waals surface area (Å²) in [6.45, 7) is 0.733. The van der Waals surface area contributed by atoms with Gasteiger partial charge in [-0.25, -0.2) is 0 Å². The topological polar surface area (TPSA) is 62.5 Å². The lowest BCUT2D eigenvalue weighted by Gasteiger charge is -2.09. The molecule has 0 amide bonds. The average Bonchev–Trinajstić information content (AvgIpc) is 3.05. The molecule has 1 aromatic heterocycles. The third-order valence-corrected chi connectivity index (χ3v) is 6.63. The molecule has 146 valence electrons.